The summed E-state index contributed by atoms with van der Waals surface area (Å²) in [6, 6.07) is 0. The highest BCUT2D eigenvalue weighted by Gasteiger charge is 2.20. The summed E-state index contributed by atoms with van der Waals surface area (Å²) in [5.41, 5.74) is 0. The molecule has 0 atom stereocenters. The van der Waals surface area contributed by atoms with Gasteiger partial charge in [0.1, 0.15) is 0 Å². The zero-order valence-electron chi connectivity index (χ0n) is 11.0. The van der Waals surface area contributed by atoms with Gasteiger partial charge in [-0.1, -0.05) is 0 Å². The first-order valence-corrected chi connectivity index (χ1v) is 6.46. The molecule has 0 aliphatic heterocycles. The quantitative estimate of drug-likeness (QED) is 0.303. The summed E-state index contributed by atoms with van der Waals surface area (Å²) >= 11 is 0. The Labute approximate surface area is 122 Å². The fourth-order valence-corrected chi connectivity index (χ4v) is 1.39. The standard InChI is InChI=1S/C12H25N3O.HI/c1-3-13-12(15-10-11-6-7-11)14-8-5-9-16-4-2;/h11H,3-10H2,1-2H3,(H2,13,14,15);1H. The van der Waals surface area contributed by atoms with Crippen LogP contribution in [0.2, 0.25) is 0 Å². The molecule has 0 unspecified atom stereocenters. The molecule has 4 nitrogen and oxygen atoms in total. The molecule has 0 heterocycles. The number of nitrogens with zero attached hydrogens (tertiary/aromatic N) is 1. The van der Waals surface area contributed by atoms with Crippen LogP contribution in [0.5, 0.6) is 0 Å². The van der Waals surface area contributed by atoms with E-state index in [1.165, 1.54) is 12.8 Å². The Hall–Kier alpha value is -0.0400. The molecule has 0 radical (unpaired) electrons. The van der Waals surface area contributed by atoms with Crippen molar-refractivity contribution >= 4 is 29.9 Å². The van der Waals surface area contributed by atoms with Gasteiger partial charge in [-0.05, 0) is 39.0 Å². The van der Waals surface area contributed by atoms with E-state index >= 15 is 0 Å². The highest BCUT2D eigenvalue weighted by atomic mass is 127. The fraction of sp³-hybridized carbons (Fsp3) is 0.917. The fourth-order valence-electron chi connectivity index (χ4n) is 1.39. The Morgan fingerprint density at radius 1 is 1.29 bits per heavy atom. The van der Waals surface area contributed by atoms with Crippen LogP contribution in [0.15, 0.2) is 4.99 Å². The molecule has 0 aromatic heterocycles. The van der Waals surface area contributed by atoms with Gasteiger partial charge >= 0.3 is 0 Å². The average Bonchev–Trinajstić information content (AvgIpc) is 3.09. The number of nitrogens with one attached hydrogen (secondary N) is 2. The normalized spacial score (nSPS) is 15.3. The Morgan fingerprint density at radius 3 is 2.65 bits per heavy atom. The third kappa shape index (κ3) is 9.64. The van der Waals surface area contributed by atoms with Crippen LogP contribution in [-0.2, 0) is 4.74 Å². The lowest BCUT2D eigenvalue weighted by molar-refractivity contribution is 0.145. The van der Waals surface area contributed by atoms with Gasteiger partial charge < -0.3 is 15.4 Å². The monoisotopic (exact) mass is 355 g/mol. The van der Waals surface area contributed by atoms with Gasteiger partial charge in [-0.15, -0.1) is 24.0 Å². The summed E-state index contributed by atoms with van der Waals surface area (Å²) in [5, 5.41) is 6.58. The van der Waals surface area contributed by atoms with E-state index in [9.17, 15) is 0 Å². The predicted octanol–water partition coefficient (Wildman–Crippen LogP) is 2.00. The van der Waals surface area contributed by atoms with Crippen molar-refractivity contribution in [2.24, 2.45) is 10.9 Å². The molecule has 2 N–H and O–H groups in total. The lowest BCUT2D eigenvalue weighted by atomic mass is 10.4. The summed E-state index contributed by atoms with van der Waals surface area (Å²) in [6.07, 6.45) is 3.74. The first kappa shape index (κ1) is 17.0. The number of ether oxygens (including phenoxy) is 1. The van der Waals surface area contributed by atoms with Gasteiger partial charge in [0.15, 0.2) is 5.96 Å². The average molecular weight is 355 g/mol. The van der Waals surface area contributed by atoms with Crippen molar-refractivity contribution in [1.29, 1.82) is 0 Å². The van der Waals surface area contributed by atoms with Gasteiger partial charge in [-0.25, -0.2) is 0 Å². The first-order chi connectivity index (χ1) is 7.86. The van der Waals surface area contributed by atoms with Gasteiger partial charge in [-0.2, -0.15) is 0 Å². The Balaban J connectivity index is 0.00000256. The number of hydrogen-bond donors (Lipinski definition) is 2. The van der Waals surface area contributed by atoms with Gasteiger partial charge in [0.05, 0.1) is 0 Å². The summed E-state index contributed by atoms with van der Waals surface area (Å²) in [5.74, 6) is 1.80. The number of halogens is 1. The highest BCUT2D eigenvalue weighted by Crippen LogP contribution is 2.28. The zero-order valence-corrected chi connectivity index (χ0v) is 13.3. The Kier molecular flexibility index (Phi) is 11.0. The van der Waals surface area contributed by atoms with E-state index < -0.39 is 0 Å². The molecule has 1 saturated carbocycles. The van der Waals surface area contributed by atoms with Crippen LogP contribution in [0, 0.1) is 5.92 Å². The molecule has 1 rings (SSSR count). The van der Waals surface area contributed by atoms with E-state index in [2.05, 4.69) is 22.5 Å². The summed E-state index contributed by atoms with van der Waals surface area (Å²) in [6.45, 7) is 8.56. The van der Waals surface area contributed by atoms with Crippen molar-refractivity contribution in [2.75, 3.05) is 32.8 Å². The number of rotatable bonds is 8. The van der Waals surface area contributed by atoms with Crippen LogP contribution in [0.3, 0.4) is 0 Å². The smallest absolute Gasteiger partial charge is 0.191 e. The topological polar surface area (TPSA) is 45.7 Å². The largest absolute Gasteiger partial charge is 0.382 e. The van der Waals surface area contributed by atoms with Crippen LogP contribution in [0.1, 0.15) is 33.1 Å². The molecule has 1 fully saturated rings. The molecule has 1 aliphatic carbocycles. The molecule has 0 spiro atoms. The predicted molar refractivity (Wildman–Crippen MR) is 83.2 cm³/mol. The van der Waals surface area contributed by atoms with Gasteiger partial charge in [0.25, 0.3) is 0 Å². The number of aliphatic imine (C=N–C) groups is 1. The van der Waals surface area contributed by atoms with E-state index in [1.807, 2.05) is 6.92 Å². The van der Waals surface area contributed by atoms with Crippen LogP contribution in [0.4, 0.5) is 0 Å². The van der Waals surface area contributed by atoms with Crippen molar-refractivity contribution in [3.05, 3.63) is 0 Å². The number of hydrogen-bond acceptors (Lipinski definition) is 2. The van der Waals surface area contributed by atoms with Gasteiger partial charge in [-0.3, -0.25) is 4.99 Å². The van der Waals surface area contributed by atoms with E-state index in [0.717, 1.165) is 51.1 Å². The molecule has 5 heteroatoms. The maximum Gasteiger partial charge on any atom is 0.191 e. The van der Waals surface area contributed by atoms with Crippen molar-refractivity contribution < 1.29 is 4.74 Å². The Morgan fingerprint density at radius 2 is 2.06 bits per heavy atom. The molecule has 102 valence electrons. The van der Waals surface area contributed by atoms with E-state index in [1.54, 1.807) is 0 Å². The molecule has 17 heavy (non-hydrogen) atoms. The molecule has 0 saturated heterocycles. The Bertz CT molecular complexity index is 208. The lowest BCUT2D eigenvalue weighted by Crippen LogP contribution is -2.38. The van der Waals surface area contributed by atoms with Crippen LogP contribution in [-0.4, -0.2) is 38.8 Å². The SMILES string of the molecule is CCNC(=NCC1CC1)NCCCOCC.I. The van der Waals surface area contributed by atoms with Crippen LogP contribution >= 0.6 is 24.0 Å². The van der Waals surface area contributed by atoms with Gasteiger partial charge in [0, 0.05) is 32.8 Å². The molecule has 0 bridgehead atoms. The summed E-state index contributed by atoms with van der Waals surface area (Å²) in [7, 11) is 0. The number of guanidine groups is 1. The molecule has 1 aliphatic rings. The van der Waals surface area contributed by atoms with E-state index in [4.69, 9.17) is 4.74 Å². The third-order valence-corrected chi connectivity index (χ3v) is 2.51. The van der Waals surface area contributed by atoms with Crippen molar-refractivity contribution in [2.45, 2.75) is 33.1 Å². The molecule has 0 aromatic rings. The minimum Gasteiger partial charge on any atom is -0.382 e. The van der Waals surface area contributed by atoms with Gasteiger partial charge in [0.2, 0.25) is 0 Å². The van der Waals surface area contributed by atoms with E-state index in [0.29, 0.717) is 0 Å². The van der Waals surface area contributed by atoms with Crippen LogP contribution in [0.25, 0.3) is 0 Å². The second-order valence-corrected chi connectivity index (χ2v) is 4.14. The second kappa shape index (κ2) is 11.1. The first-order valence-electron chi connectivity index (χ1n) is 6.46. The van der Waals surface area contributed by atoms with Crippen molar-refractivity contribution in [3.8, 4) is 0 Å². The van der Waals surface area contributed by atoms with Crippen molar-refractivity contribution in [3.63, 3.8) is 0 Å². The van der Waals surface area contributed by atoms with E-state index in [-0.39, 0.29) is 24.0 Å². The zero-order chi connectivity index (χ0) is 11.6. The highest BCUT2D eigenvalue weighted by molar-refractivity contribution is 14.0. The maximum atomic E-state index is 5.28. The molecular formula is C12H26IN3O. The molecule has 0 amide bonds. The third-order valence-electron chi connectivity index (χ3n) is 2.51. The summed E-state index contributed by atoms with van der Waals surface area (Å²) < 4.78 is 5.28. The minimum atomic E-state index is 0. The van der Waals surface area contributed by atoms with Crippen molar-refractivity contribution in [1.82, 2.24) is 10.6 Å². The van der Waals surface area contributed by atoms with Crippen LogP contribution < -0.4 is 10.6 Å². The molecule has 0 aromatic carbocycles. The lowest BCUT2D eigenvalue weighted by Gasteiger charge is -2.10. The summed E-state index contributed by atoms with van der Waals surface area (Å²) in [4.78, 5) is 4.55. The minimum absolute atomic E-state index is 0. The molecular weight excluding hydrogens is 329 g/mol. The maximum absolute atomic E-state index is 5.28. The second-order valence-electron chi connectivity index (χ2n) is 4.14.